The Balaban J connectivity index is 1.44. The Hall–Kier alpha value is -1.43. The average molecular weight is 317 g/mol. The highest BCUT2D eigenvalue weighted by Crippen LogP contribution is 2.18. The number of carbonyl (C=O) groups is 1. The van der Waals surface area contributed by atoms with Crippen molar-refractivity contribution in [1.29, 1.82) is 0 Å². The molecule has 1 fully saturated rings. The SMILES string of the molecule is CN1CC[C@@H](O)[C@H](C(=O)NCCN2CCc3ccccc3C2)C1. The van der Waals surface area contributed by atoms with Gasteiger partial charge in [0, 0.05) is 39.3 Å². The monoisotopic (exact) mass is 317 g/mol. The fourth-order valence-corrected chi connectivity index (χ4v) is 3.57. The zero-order valence-electron chi connectivity index (χ0n) is 13.9. The van der Waals surface area contributed by atoms with Crippen LogP contribution in [0.3, 0.4) is 0 Å². The second-order valence-corrected chi connectivity index (χ2v) is 6.81. The van der Waals surface area contributed by atoms with Crippen molar-refractivity contribution < 1.29 is 9.90 Å². The van der Waals surface area contributed by atoms with Crippen LogP contribution >= 0.6 is 0 Å². The van der Waals surface area contributed by atoms with E-state index in [1.807, 2.05) is 7.05 Å². The second kappa shape index (κ2) is 7.43. The third-order valence-electron chi connectivity index (χ3n) is 5.05. The highest BCUT2D eigenvalue weighted by atomic mass is 16.3. The van der Waals surface area contributed by atoms with Gasteiger partial charge in [0.05, 0.1) is 12.0 Å². The lowest BCUT2D eigenvalue weighted by Gasteiger charge is -2.33. The molecule has 23 heavy (non-hydrogen) atoms. The molecule has 1 aromatic carbocycles. The molecule has 2 heterocycles. The van der Waals surface area contributed by atoms with E-state index >= 15 is 0 Å². The normalized spacial score (nSPS) is 25.8. The first-order valence-corrected chi connectivity index (χ1v) is 8.57. The van der Waals surface area contributed by atoms with Crippen molar-refractivity contribution in [3.05, 3.63) is 35.4 Å². The molecule has 5 heteroatoms. The Morgan fingerprint density at radius 1 is 1.30 bits per heavy atom. The predicted molar refractivity (Wildman–Crippen MR) is 90.0 cm³/mol. The first-order chi connectivity index (χ1) is 11.1. The molecule has 3 rings (SSSR count). The molecule has 0 unspecified atom stereocenters. The smallest absolute Gasteiger partial charge is 0.227 e. The summed E-state index contributed by atoms with van der Waals surface area (Å²) in [6, 6.07) is 8.58. The number of piperidine rings is 1. The fourth-order valence-electron chi connectivity index (χ4n) is 3.57. The van der Waals surface area contributed by atoms with Crippen molar-refractivity contribution in [3.63, 3.8) is 0 Å². The van der Waals surface area contributed by atoms with Crippen LogP contribution in [0.15, 0.2) is 24.3 Å². The van der Waals surface area contributed by atoms with Crippen molar-refractivity contribution in [3.8, 4) is 0 Å². The molecule has 2 N–H and O–H groups in total. The number of carbonyl (C=O) groups excluding carboxylic acids is 1. The lowest BCUT2D eigenvalue weighted by atomic mass is 9.94. The number of aliphatic hydroxyl groups excluding tert-OH is 1. The summed E-state index contributed by atoms with van der Waals surface area (Å²) in [5, 5.41) is 13.0. The Labute approximate surface area is 138 Å². The molecule has 126 valence electrons. The fraction of sp³-hybridized carbons (Fsp3) is 0.611. The quantitative estimate of drug-likeness (QED) is 0.848. The third-order valence-corrected chi connectivity index (χ3v) is 5.05. The molecular formula is C18H27N3O2. The summed E-state index contributed by atoms with van der Waals surface area (Å²) in [4.78, 5) is 16.8. The summed E-state index contributed by atoms with van der Waals surface area (Å²) in [6.07, 6.45) is 1.25. The molecule has 0 saturated carbocycles. The van der Waals surface area contributed by atoms with E-state index in [2.05, 4.69) is 39.4 Å². The van der Waals surface area contributed by atoms with E-state index in [4.69, 9.17) is 0 Å². The van der Waals surface area contributed by atoms with Crippen LogP contribution in [0.5, 0.6) is 0 Å². The van der Waals surface area contributed by atoms with Gasteiger partial charge in [0.25, 0.3) is 0 Å². The Morgan fingerprint density at radius 3 is 2.91 bits per heavy atom. The number of nitrogens with one attached hydrogen (secondary N) is 1. The third kappa shape index (κ3) is 4.10. The zero-order valence-corrected chi connectivity index (χ0v) is 13.9. The molecule has 2 aliphatic heterocycles. The Kier molecular flexibility index (Phi) is 5.30. The van der Waals surface area contributed by atoms with E-state index in [9.17, 15) is 9.90 Å². The number of hydrogen-bond acceptors (Lipinski definition) is 4. The van der Waals surface area contributed by atoms with Crippen LogP contribution in [0.4, 0.5) is 0 Å². The number of nitrogens with zero attached hydrogens (tertiary/aromatic N) is 2. The number of rotatable bonds is 4. The van der Waals surface area contributed by atoms with E-state index < -0.39 is 6.10 Å². The van der Waals surface area contributed by atoms with Crippen LogP contribution in [0, 0.1) is 5.92 Å². The Bertz CT molecular complexity index is 549. The lowest BCUT2D eigenvalue weighted by Crippen LogP contribution is -2.49. The van der Waals surface area contributed by atoms with Crippen molar-refractivity contribution in [2.45, 2.75) is 25.5 Å². The molecule has 0 aromatic heterocycles. The summed E-state index contributed by atoms with van der Waals surface area (Å²) >= 11 is 0. The predicted octanol–water partition coefficient (Wildman–Crippen LogP) is 0.474. The van der Waals surface area contributed by atoms with Gasteiger partial charge in [-0.2, -0.15) is 0 Å². The van der Waals surface area contributed by atoms with Crippen LogP contribution in [-0.4, -0.2) is 66.7 Å². The molecular weight excluding hydrogens is 290 g/mol. The molecule has 1 saturated heterocycles. The maximum Gasteiger partial charge on any atom is 0.227 e. The number of likely N-dealkylation sites (tertiary alicyclic amines) is 1. The van der Waals surface area contributed by atoms with Gasteiger partial charge in [-0.3, -0.25) is 9.69 Å². The minimum absolute atomic E-state index is 0.0125. The van der Waals surface area contributed by atoms with Crippen molar-refractivity contribution in [2.75, 3.05) is 39.8 Å². The maximum atomic E-state index is 12.3. The summed E-state index contributed by atoms with van der Waals surface area (Å²) in [6.45, 7) is 5.01. The van der Waals surface area contributed by atoms with Crippen LogP contribution < -0.4 is 5.32 Å². The van der Waals surface area contributed by atoms with Gasteiger partial charge in [-0.05, 0) is 31.0 Å². The first-order valence-electron chi connectivity index (χ1n) is 8.57. The highest BCUT2D eigenvalue weighted by Gasteiger charge is 2.31. The summed E-state index contributed by atoms with van der Waals surface area (Å²) in [7, 11) is 2.00. The van der Waals surface area contributed by atoms with Gasteiger partial charge in [-0.15, -0.1) is 0 Å². The number of amides is 1. The van der Waals surface area contributed by atoms with Gasteiger partial charge in [-0.1, -0.05) is 24.3 Å². The first kappa shape index (κ1) is 16.4. The molecule has 0 aliphatic carbocycles. The molecule has 1 amide bonds. The number of hydrogen-bond donors (Lipinski definition) is 2. The molecule has 0 radical (unpaired) electrons. The van der Waals surface area contributed by atoms with Crippen LogP contribution in [0.2, 0.25) is 0 Å². The van der Waals surface area contributed by atoms with Gasteiger partial charge >= 0.3 is 0 Å². The van der Waals surface area contributed by atoms with E-state index in [1.54, 1.807) is 0 Å². The van der Waals surface area contributed by atoms with Gasteiger partial charge in [-0.25, -0.2) is 0 Å². The minimum Gasteiger partial charge on any atom is -0.392 e. The van der Waals surface area contributed by atoms with E-state index in [1.165, 1.54) is 11.1 Å². The Morgan fingerprint density at radius 2 is 2.09 bits per heavy atom. The van der Waals surface area contributed by atoms with Crippen LogP contribution in [0.1, 0.15) is 17.5 Å². The van der Waals surface area contributed by atoms with Crippen molar-refractivity contribution in [2.24, 2.45) is 5.92 Å². The maximum absolute atomic E-state index is 12.3. The molecule has 1 aromatic rings. The number of fused-ring (bicyclic) bond motifs is 1. The molecule has 2 atom stereocenters. The van der Waals surface area contributed by atoms with Gasteiger partial charge < -0.3 is 15.3 Å². The number of aliphatic hydroxyl groups is 1. The highest BCUT2D eigenvalue weighted by molar-refractivity contribution is 5.79. The second-order valence-electron chi connectivity index (χ2n) is 6.81. The van der Waals surface area contributed by atoms with Crippen molar-refractivity contribution >= 4 is 5.91 Å². The van der Waals surface area contributed by atoms with E-state index in [0.29, 0.717) is 19.5 Å². The number of benzene rings is 1. The van der Waals surface area contributed by atoms with Crippen LogP contribution in [-0.2, 0) is 17.8 Å². The van der Waals surface area contributed by atoms with Crippen LogP contribution in [0.25, 0.3) is 0 Å². The van der Waals surface area contributed by atoms with Gasteiger partial charge in [0.1, 0.15) is 0 Å². The largest absolute Gasteiger partial charge is 0.392 e. The standard InChI is InChI=1S/C18H27N3O2/c1-20-9-7-17(22)16(13-20)18(23)19-8-11-21-10-6-14-4-2-3-5-15(14)12-21/h2-5,16-17,22H,6-13H2,1H3,(H,19,23)/t16-,17-/m1/s1. The topological polar surface area (TPSA) is 55.8 Å². The molecule has 2 aliphatic rings. The van der Waals surface area contributed by atoms with Gasteiger partial charge in [0.15, 0.2) is 0 Å². The molecule has 5 nitrogen and oxygen atoms in total. The summed E-state index contributed by atoms with van der Waals surface area (Å²) < 4.78 is 0. The lowest BCUT2D eigenvalue weighted by molar-refractivity contribution is -0.131. The average Bonchev–Trinajstić information content (AvgIpc) is 2.57. The van der Waals surface area contributed by atoms with E-state index in [0.717, 1.165) is 32.6 Å². The summed E-state index contributed by atoms with van der Waals surface area (Å²) in [5.41, 5.74) is 2.84. The zero-order chi connectivity index (χ0) is 16.2. The van der Waals surface area contributed by atoms with Crippen molar-refractivity contribution in [1.82, 2.24) is 15.1 Å². The molecule has 0 bridgehead atoms. The van der Waals surface area contributed by atoms with Gasteiger partial charge in [0.2, 0.25) is 5.91 Å². The summed E-state index contributed by atoms with van der Waals surface area (Å²) in [5.74, 6) is -0.308. The van der Waals surface area contributed by atoms with E-state index in [-0.39, 0.29) is 11.8 Å². The molecule has 0 spiro atoms. The minimum atomic E-state index is -0.506.